The normalized spacial score (nSPS) is 24.4. The van der Waals surface area contributed by atoms with Gasteiger partial charge in [0.05, 0.1) is 19.3 Å². The molecule has 0 spiro atoms. The molecule has 1 aromatic heterocycles. The third-order valence-electron chi connectivity index (χ3n) is 3.34. The Labute approximate surface area is 107 Å². The van der Waals surface area contributed by atoms with Crippen LogP contribution in [0.4, 0.5) is 0 Å². The van der Waals surface area contributed by atoms with Gasteiger partial charge in [-0.25, -0.2) is 0 Å². The fraction of sp³-hybridized carbons (Fsp3) is 0.750. The van der Waals surface area contributed by atoms with E-state index in [2.05, 4.69) is 16.7 Å². The molecule has 2 unspecified atom stereocenters. The molecule has 1 aromatic rings. The van der Waals surface area contributed by atoms with Crippen molar-refractivity contribution < 1.29 is 5.11 Å². The minimum Gasteiger partial charge on any atom is -0.394 e. The molecule has 0 bridgehead atoms. The molecule has 0 saturated heterocycles. The van der Waals surface area contributed by atoms with Crippen molar-refractivity contribution in [1.82, 2.24) is 15.1 Å². The topological polar surface area (TPSA) is 50.1 Å². The van der Waals surface area contributed by atoms with Crippen molar-refractivity contribution in [3.8, 4) is 0 Å². The van der Waals surface area contributed by atoms with Crippen LogP contribution in [0.25, 0.3) is 0 Å². The lowest BCUT2D eigenvalue weighted by Gasteiger charge is -2.18. The molecule has 1 fully saturated rings. The van der Waals surface area contributed by atoms with Crippen molar-refractivity contribution in [2.24, 2.45) is 0 Å². The highest BCUT2D eigenvalue weighted by atomic mass is 32.2. The Morgan fingerprint density at radius 2 is 2.47 bits per heavy atom. The largest absolute Gasteiger partial charge is 0.394 e. The minimum absolute atomic E-state index is 0.145. The first-order valence-electron chi connectivity index (χ1n) is 6.22. The third-order valence-corrected chi connectivity index (χ3v) is 4.51. The second-order valence-corrected chi connectivity index (χ2v) is 5.60. The number of nitrogens with one attached hydrogen (secondary N) is 1. The maximum Gasteiger partial charge on any atom is 0.0640 e. The summed E-state index contributed by atoms with van der Waals surface area (Å²) in [6.45, 7) is 1.61. The van der Waals surface area contributed by atoms with E-state index in [9.17, 15) is 0 Å². The maximum atomic E-state index is 8.82. The molecule has 4 nitrogen and oxygen atoms in total. The second-order valence-electron chi connectivity index (χ2n) is 4.53. The second kappa shape index (κ2) is 6.42. The number of rotatable bonds is 6. The summed E-state index contributed by atoms with van der Waals surface area (Å²) < 4.78 is 1.79. The highest BCUT2D eigenvalue weighted by Gasteiger charge is 2.25. The summed E-state index contributed by atoms with van der Waals surface area (Å²) >= 11 is 1.97. The van der Waals surface area contributed by atoms with Crippen molar-refractivity contribution in [2.45, 2.75) is 43.6 Å². The highest BCUT2D eigenvalue weighted by molar-refractivity contribution is 7.99. The van der Waals surface area contributed by atoms with Gasteiger partial charge in [-0.05, 0) is 19.1 Å². The van der Waals surface area contributed by atoms with Gasteiger partial charge in [0.1, 0.15) is 0 Å². The van der Waals surface area contributed by atoms with E-state index in [0.717, 1.165) is 11.8 Å². The van der Waals surface area contributed by atoms with Gasteiger partial charge in [-0.1, -0.05) is 6.42 Å². The molecule has 96 valence electrons. The Balaban J connectivity index is 1.80. The highest BCUT2D eigenvalue weighted by Crippen LogP contribution is 2.28. The molecule has 0 radical (unpaired) electrons. The van der Waals surface area contributed by atoms with E-state index >= 15 is 0 Å². The lowest BCUT2D eigenvalue weighted by molar-refractivity contribution is 0.269. The van der Waals surface area contributed by atoms with Crippen LogP contribution in [0, 0.1) is 0 Å². The van der Waals surface area contributed by atoms with Crippen LogP contribution in [0.3, 0.4) is 0 Å². The Bertz CT molecular complexity index is 342. The molecule has 1 heterocycles. The van der Waals surface area contributed by atoms with Crippen LogP contribution in [0.5, 0.6) is 0 Å². The van der Waals surface area contributed by atoms with Crippen LogP contribution >= 0.6 is 11.8 Å². The molecule has 1 aliphatic rings. The van der Waals surface area contributed by atoms with E-state index in [1.165, 1.54) is 24.8 Å². The van der Waals surface area contributed by atoms with Crippen LogP contribution in [0.15, 0.2) is 12.4 Å². The van der Waals surface area contributed by atoms with E-state index in [-0.39, 0.29) is 6.61 Å². The standard InChI is InChI=1S/C12H21N3OS/c1-17-12-4-2-3-11(12)13-7-10-8-14-15(9-10)5-6-16/h8-9,11-13,16H,2-7H2,1H3. The molecule has 2 atom stereocenters. The molecule has 17 heavy (non-hydrogen) atoms. The molecule has 1 saturated carbocycles. The van der Waals surface area contributed by atoms with E-state index in [4.69, 9.17) is 5.11 Å². The van der Waals surface area contributed by atoms with Crippen molar-refractivity contribution in [3.63, 3.8) is 0 Å². The molecule has 5 heteroatoms. The predicted octanol–water partition coefficient (Wildman–Crippen LogP) is 1.25. The van der Waals surface area contributed by atoms with E-state index in [1.54, 1.807) is 4.68 Å². The summed E-state index contributed by atoms with van der Waals surface area (Å²) in [6, 6.07) is 0.645. The zero-order chi connectivity index (χ0) is 12.1. The molecule has 2 N–H and O–H groups in total. The van der Waals surface area contributed by atoms with Crippen molar-refractivity contribution in [2.75, 3.05) is 12.9 Å². The SMILES string of the molecule is CSC1CCCC1NCc1cnn(CCO)c1. The number of thioether (sulfide) groups is 1. The van der Waals surface area contributed by atoms with Crippen LogP contribution in [-0.4, -0.2) is 39.0 Å². The van der Waals surface area contributed by atoms with Crippen molar-refractivity contribution >= 4 is 11.8 Å². The quantitative estimate of drug-likeness (QED) is 0.803. The maximum absolute atomic E-state index is 8.82. The fourth-order valence-corrected chi connectivity index (χ4v) is 3.38. The predicted molar refractivity (Wildman–Crippen MR) is 71.1 cm³/mol. The molecule has 1 aliphatic carbocycles. The molecule has 2 rings (SSSR count). The Hall–Kier alpha value is -0.520. The van der Waals surface area contributed by atoms with Gasteiger partial charge in [0.2, 0.25) is 0 Å². The Kier molecular flexibility index (Phi) is 4.88. The molecule has 0 aliphatic heterocycles. The first-order chi connectivity index (χ1) is 8.33. The smallest absolute Gasteiger partial charge is 0.0640 e. The van der Waals surface area contributed by atoms with Crippen LogP contribution < -0.4 is 5.32 Å². The first kappa shape index (κ1) is 12.9. The average Bonchev–Trinajstić information content (AvgIpc) is 2.95. The summed E-state index contributed by atoms with van der Waals surface area (Å²) in [5.41, 5.74) is 1.20. The molecule has 0 aromatic carbocycles. The lowest BCUT2D eigenvalue weighted by atomic mass is 10.2. The van der Waals surface area contributed by atoms with Crippen molar-refractivity contribution in [3.05, 3.63) is 18.0 Å². The first-order valence-corrected chi connectivity index (χ1v) is 7.50. The van der Waals surface area contributed by atoms with Gasteiger partial charge in [0.15, 0.2) is 0 Å². The number of aliphatic hydroxyl groups is 1. The fourth-order valence-electron chi connectivity index (χ4n) is 2.41. The number of hydrogen-bond donors (Lipinski definition) is 2. The van der Waals surface area contributed by atoms with Gasteiger partial charge in [-0.15, -0.1) is 0 Å². The molecular weight excluding hydrogens is 234 g/mol. The van der Waals surface area contributed by atoms with Gasteiger partial charge < -0.3 is 10.4 Å². The minimum atomic E-state index is 0.145. The Morgan fingerprint density at radius 3 is 3.24 bits per heavy atom. The van der Waals surface area contributed by atoms with Gasteiger partial charge in [-0.3, -0.25) is 4.68 Å². The summed E-state index contributed by atoms with van der Waals surface area (Å²) in [5.74, 6) is 0. The third kappa shape index (κ3) is 3.47. The Morgan fingerprint density at radius 1 is 1.59 bits per heavy atom. The summed E-state index contributed by atoms with van der Waals surface area (Å²) in [7, 11) is 0. The van der Waals surface area contributed by atoms with E-state index in [0.29, 0.717) is 12.6 Å². The van der Waals surface area contributed by atoms with Crippen LogP contribution in [0.1, 0.15) is 24.8 Å². The lowest BCUT2D eigenvalue weighted by Crippen LogP contribution is -2.33. The summed E-state index contributed by atoms with van der Waals surface area (Å²) in [5, 5.41) is 17.4. The number of aromatic nitrogens is 2. The van der Waals surface area contributed by atoms with Crippen LogP contribution in [-0.2, 0) is 13.1 Å². The van der Waals surface area contributed by atoms with E-state index < -0.39 is 0 Å². The number of nitrogens with zero attached hydrogens (tertiary/aromatic N) is 2. The molecular formula is C12H21N3OS. The molecule has 0 amide bonds. The van der Waals surface area contributed by atoms with Gasteiger partial charge >= 0.3 is 0 Å². The summed E-state index contributed by atoms with van der Waals surface area (Å²) in [4.78, 5) is 0. The number of aliphatic hydroxyl groups excluding tert-OH is 1. The van der Waals surface area contributed by atoms with Gasteiger partial charge in [-0.2, -0.15) is 16.9 Å². The zero-order valence-corrected chi connectivity index (χ0v) is 11.1. The van der Waals surface area contributed by atoms with Gasteiger partial charge in [0, 0.05) is 29.6 Å². The summed E-state index contributed by atoms with van der Waals surface area (Å²) in [6.07, 6.45) is 10.0. The van der Waals surface area contributed by atoms with Crippen molar-refractivity contribution in [1.29, 1.82) is 0 Å². The van der Waals surface area contributed by atoms with Gasteiger partial charge in [0.25, 0.3) is 0 Å². The van der Waals surface area contributed by atoms with E-state index in [1.807, 2.05) is 24.2 Å². The van der Waals surface area contributed by atoms with Crippen LogP contribution in [0.2, 0.25) is 0 Å². The number of hydrogen-bond acceptors (Lipinski definition) is 4. The monoisotopic (exact) mass is 255 g/mol. The zero-order valence-electron chi connectivity index (χ0n) is 10.3. The average molecular weight is 255 g/mol.